The van der Waals surface area contributed by atoms with Gasteiger partial charge in [0.15, 0.2) is 0 Å². The van der Waals surface area contributed by atoms with Crippen LogP contribution in [0.2, 0.25) is 20.1 Å². The Morgan fingerprint density at radius 2 is 1.68 bits per heavy atom. The lowest BCUT2D eigenvalue weighted by molar-refractivity contribution is -0.139. The van der Waals surface area contributed by atoms with Gasteiger partial charge >= 0.3 is 0 Å². The first-order chi connectivity index (χ1) is 16.3. The molecule has 1 aliphatic rings. The average Bonchev–Trinajstić information content (AvgIpc) is 2.81. The van der Waals surface area contributed by atoms with Gasteiger partial charge in [0.05, 0.1) is 15.8 Å². The summed E-state index contributed by atoms with van der Waals surface area (Å²) < 4.78 is 0. The normalized spacial score (nSPS) is 15.1. The summed E-state index contributed by atoms with van der Waals surface area (Å²) in [6, 6.07) is 10.1. The van der Waals surface area contributed by atoms with E-state index in [0.717, 1.165) is 31.2 Å². The summed E-state index contributed by atoms with van der Waals surface area (Å²) in [5.41, 5.74) is 1.60. The quantitative estimate of drug-likeness (QED) is 0.347. The second-order valence-electron chi connectivity index (χ2n) is 8.48. The fourth-order valence-electron chi connectivity index (χ4n) is 3.97. The van der Waals surface area contributed by atoms with E-state index in [9.17, 15) is 9.59 Å². The van der Waals surface area contributed by atoms with E-state index in [4.69, 9.17) is 46.4 Å². The summed E-state index contributed by atoms with van der Waals surface area (Å²) in [5, 5.41) is 5.04. The highest BCUT2D eigenvalue weighted by Crippen LogP contribution is 2.28. The molecule has 0 aliphatic heterocycles. The summed E-state index contributed by atoms with van der Waals surface area (Å²) in [4.78, 5) is 28.0. The van der Waals surface area contributed by atoms with Crippen LogP contribution >= 0.6 is 58.2 Å². The summed E-state index contributed by atoms with van der Waals surface area (Å²) in [6.07, 6.45) is 5.38. The predicted molar refractivity (Wildman–Crippen MR) is 144 cm³/mol. The number of nitrogens with zero attached hydrogens (tertiary/aromatic N) is 1. The Morgan fingerprint density at radius 1 is 1.00 bits per heavy atom. The van der Waals surface area contributed by atoms with Crippen molar-refractivity contribution in [3.8, 4) is 0 Å². The maximum atomic E-state index is 13.3. The Hall–Kier alpha value is -1.11. The molecule has 1 aliphatic carbocycles. The number of carbonyl (C=O) groups is 2. The minimum absolute atomic E-state index is 0.155. The molecule has 2 aromatic rings. The number of halogens is 4. The van der Waals surface area contributed by atoms with Gasteiger partial charge in [-0.05, 0) is 49.6 Å². The molecular weight excluding hydrogens is 534 g/mol. The fourth-order valence-corrected chi connectivity index (χ4v) is 5.67. The van der Waals surface area contributed by atoms with Gasteiger partial charge < -0.3 is 10.2 Å². The smallest absolute Gasteiger partial charge is 0.242 e. The highest BCUT2D eigenvalue weighted by Gasteiger charge is 2.29. The molecule has 2 amide bonds. The van der Waals surface area contributed by atoms with Crippen molar-refractivity contribution in [2.24, 2.45) is 0 Å². The van der Waals surface area contributed by atoms with Gasteiger partial charge in [-0.2, -0.15) is 0 Å². The van der Waals surface area contributed by atoms with Crippen molar-refractivity contribution >= 4 is 70.0 Å². The number of hydrogen-bond acceptors (Lipinski definition) is 3. The number of rotatable bonds is 9. The first-order valence-corrected chi connectivity index (χ1v) is 14.0. The fraction of sp³-hybridized carbons (Fsp3) is 0.440. The zero-order valence-electron chi connectivity index (χ0n) is 19.0. The van der Waals surface area contributed by atoms with Crippen LogP contribution < -0.4 is 5.32 Å². The maximum Gasteiger partial charge on any atom is 0.242 e. The van der Waals surface area contributed by atoms with Crippen molar-refractivity contribution in [2.45, 2.75) is 63.4 Å². The van der Waals surface area contributed by atoms with Gasteiger partial charge in [-0.3, -0.25) is 9.59 Å². The Labute approximate surface area is 225 Å². The van der Waals surface area contributed by atoms with Crippen molar-refractivity contribution in [2.75, 3.05) is 5.75 Å². The van der Waals surface area contributed by atoms with Crippen LogP contribution in [0.1, 0.15) is 50.2 Å². The monoisotopic (exact) mass is 560 g/mol. The Kier molecular flexibility index (Phi) is 10.7. The maximum absolute atomic E-state index is 13.3. The molecule has 1 N–H and O–H groups in total. The topological polar surface area (TPSA) is 49.4 Å². The Bertz CT molecular complexity index is 994. The zero-order valence-corrected chi connectivity index (χ0v) is 22.8. The number of nitrogens with one attached hydrogen (secondary N) is 1. The lowest BCUT2D eigenvalue weighted by Crippen LogP contribution is -2.50. The summed E-state index contributed by atoms with van der Waals surface area (Å²) >= 11 is 26.3. The highest BCUT2D eigenvalue weighted by molar-refractivity contribution is 7.99. The van der Waals surface area contributed by atoms with Crippen molar-refractivity contribution in [3.63, 3.8) is 0 Å². The van der Waals surface area contributed by atoms with E-state index in [2.05, 4.69) is 5.32 Å². The molecule has 4 nitrogen and oxygen atoms in total. The van der Waals surface area contributed by atoms with Gasteiger partial charge in [-0.25, -0.2) is 0 Å². The van der Waals surface area contributed by atoms with Crippen LogP contribution in [0.3, 0.4) is 0 Å². The second-order valence-corrected chi connectivity index (χ2v) is 11.1. The van der Waals surface area contributed by atoms with Crippen molar-refractivity contribution < 1.29 is 9.59 Å². The lowest BCUT2D eigenvalue weighted by atomic mass is 9.95. The predicted octanol–water partition coefficient (Wildman–Crippen LogP) is 7.40. The van der Waals surface area contributed by atoms with E-state index in [-0.39, 0.29) is 30.2 Å². The molecule has 0 heterocycles. The standard InChI is InChI=1S/C25H28Cl4N2O2S/c1-16(25(33)30-18-6-3-2-4-7-18)31(13-19-20(26)8-5-9-21(19)27)24(32)15-34-14-17-10-11-22(28)23(29)12-17/h5,8-12,16,18H,2-4,6-7,13-15H2,1H3,(H,30,33). The van der Waals surface area contributed by atoms with E-state index < -0.39 is 6.04 Å². The molecule has 0 radical (unpaired) electrons. The molecule has 0 saturated heterocycles. The third kappa shape index (κ3) is 7.69. The molecule has 34 heavy (non-hydrogen) atoms. The Morgan fingerprint density at radius 3 is 2.32 bits per heavy atom. The number of carbonyl (C=O) groups excluding carboxylic acids is 2. The third-order valence-corrected chi connectivity index (χ3v) is 8.42. The van der Waals surface area contributed by atoms with E-state index in [1.807, 2.05) is 6.07 Å². The SMILES string of the molecule is CC(C(=O)NC1CCCCC1)N(Cc1c(Cl)cccc1Cl)C(=O)CSCc1ccc(Cl)c(Cl)c1. The molecule has 1 unspecified atom stereocenters. The number of hydrogen-bond donors (Lipinski definition) is 1. The highest BCUT2D eigenvalue weighted by atomic mass is 35.5. The van der Waals surface area contributed by atoms with E-state index in [1.165, 1.54) is 18.2 Å². The number of amides is 2. The molecule has 1 atom stereocenters. The molecule has 9 heteroatoms. The van der Waals surface area contributed by atoms with Crippen LogP contribution in [-0.2, 0) is 21.9 Å². The van der Waals surface area contributed by atoms with Crippen LogP contribution in [0.15, 0.2) is 36.4 Å². The van der Waals surface area contributed by atoms with Crippen LogP contribution in [0.4, 0.5) is 0 Å². The average molecular weight is 562 g/mol. The van der Waals surface area contributed by atoms with Gasteiger partial charge in [0, 0.05) is 33.9 Å². The zero-order chi connectivity index (χ0) is 24.7. The van der Waals surface area contributed by atoms with E-state index in [1.54, 1.807) is 42.2 Å². The van der Waals surface area contributed by atoms with Crippen LogP contribution in [-0.4, -0.2) is 34.6 Å². The number of thioether (sulfide) groups is 1. The van der Waals surface area contributed by atoms with Gasteiger partial charge in [-0.15, -0.1) is 11.8 Å². The third-order valence-electron chi connectivity index (χ3n) is 5.99. The molecule has 0 bridgehead atoms. The molecule has 2 aromatic carbocycles. The second kappa shape index (κ2) is 13.3. The van der Waals surface area contributed by atoms with E-state index >= 15 is 0 Å². The molecule has 1 saturated carbocycles. The van der Waals surface area contributed by atoms with Crippen molar-refractivity contribution in [1.29, 1.82) is 0 Å². The molecule has 184 valence electrons. The van der Waals surface area contributed by atoms with Gasteiger partial charge in [0.25, 0.3) is 0 Å². The van der Waals surface area contributed by atoms with Gasteiger partial charge in [0.1, 0.15) is 6.04 Å². The van der Waals surface area contributed by atoms with Crippen molar-refractivity contribution in [3.05, 3.63) is 67.6 Å². The minimum Gasteiger partial charge on any atom is -0.352 e. The van der Waals surface area contributed by atoms with Crippen LogP contribution in [0.5, 0.6) is 0 Å². The Balaban J connectivity index is 1.70. The van der Waals surface area contributed by atoms with Crippen LogP contribution in [0.25, 0.3) is 0 Å². The largest absolute Gasteiger partial charge is 0.352 e. The van der Waals surface area contributed by atoms with Crippen LogP contribution in [0, 0.1) is 0 Å². The lowest BCUT2D eigenvalue weighted by Gasteiger charge is -2.31. The molecular formula is C25H28Cl4N2O2S. The molecule has 0 aromatic heterocycles. The van der Waals surface area contributed by atoms with E-state index in [0.29, 0.717) is 31.4 Å². The summed E-state index contributed by atoms with van der Waals surface area (Å²) in [7, 11) is 0. The molecule has 1 fully saturated rings. The summed E-state index contributed by atoms with van der Waals surface area (Å²) in [5.74, 6) is 0.472. The van der Waals surface area contributed by atoms with Gasteiger partial charge in [0.2, 0.25) is 11.8 Å². The molecule has 3 rings (SSSR count). The summed E-state index contributed by atoms with van der Waals surface area (Å²) in [6.45, 7) is 1.91. The molecule has 0 spiro atoms. The first-order valence-electron chi connectivity index (χ1n) is 11.3. The number of benzene rings is 2. The minimum atomic E-state index is -0.660. The first kappa shape index (κ1) is 27.5. The van der Waals surface area contributed by atoms with Crippen molar-refractivity contribution in [1.82, 2.24) is 10.2 Å². The van der Waals surface area contributed by atoms with Gasteiger partial charge in [-0.1, -0.05) is 77.8 Å².